The normalized spacial score (nSPS) is 17.0. The molecule has 3 N–H and O–H groups in total. The quantitative estimate of drug-likeness (QED) is 0.653. The van der Waals surface area contributed by atoms with Gasteiger partial charge in [0, 0.05) is 31.3 Å². The first-order chi connectivity index (χ1) is 9.65. The number of carbonyl (C=O) groups is 2. The zero-order chi connectivity index (χ0) is 14.4. The maximum Gasteiger partial charge on any atom is 0.326 e. The lowest BCUT2D eigenvalue weighted by molar-refractivity contribution is -0.141. The highest BCUT2D eigenvalue weighted by atomic mass is 16.4. The Bertz CT molecular complexity index is 440. The van der Waals surface area contributed by atoms with Crippen molar-refractivity contribution in [2.75, 3.05) is 19.6 Å². The molecule has 20 heavy (non-hydrogen) atoms. The van der Waals surface area contributed by atoms with Crippen LogP contribution in [-0.2, 0) is 16.0 Å². The number of carboxylic acids is 1. The van der Waals surface area contributed by atoms with Gasteiger partial charge in [-0.3, -0.25) is 4.79 Å². The van der Waals surface area contributed by atoms with Gasteiger partial charge in [-0.1, -0.05) is 0 Å². The van der Waals surface area contributed by atoms with E-state index in [9.17, 15) is 9.59 Å². The fourth-order valence-electron chi connectivity index (χ4n) is 2.35. The molecule has 1 amide bonds. The molecular formula is C13H20N4O3. The molecule has 1 aliphatic heterocycles. The van der Waals surface area contributed by atoms with Gasteiger partial charge >= 0.3 is 5.97 Å². The fraction of sp³-hybridized carbons (Fsp3) is 0.615. The molecule has 0 bridgehead atoms. The number of carbonyl (C=O) groups excluding carboxylic acids is 1. The number of nitrogens with zero attached hydrogens (tertiary/aromatic N) is 2. The third kappa shape index (κ3) is 4.34. The molecule has 0 saturated carbocycles. The second-order valence-electron chi connectivity index (χ2n) is 5.04. The minimum Gasteiger partial charge on any atom is -0.480 e. The number of imidazole rings is 1. The number of aromatic nitrogens is 2. The highest BCUT2D eigenvalue weighted by Crippen LogP contribution is 2.07. The maximum atomic E-state index is 11.8. The summed E-state index contributed by atoms with van der Waals surface area (Å²) in [5.74, 6) is -1.25. The molecule has 1 fully saturated rings. The van der Waals surface area contributed by atoms with Crippen LogP contribution in [0.15, 0.2) is 12.5 Å². The molecule has 1 aromatic heterocycles. The van der Waals surface area contributed by atoms with Gasteiger partial charge in [-0.25, -0.2) is 9.78 Å². The molecule has 0 aromatic carbocycles. The van der Waals surface area contributed by atoms with Crippen molar-refractivity contribution in [2.45, 2.75) is 31.7 Å². The van der Waals surface area contributed by atoms with Gasteiger partial charge in [0.25, 0.3) is 0 Å². The van der Waals surface area contributed by atoms with E-state index in [-0.39, 0.29) is 12.3 Å². The molecule has 2 heterocycles. The summed E-state index contributed by atoms with van der Waals surface area (Å²) in [5.41, 5.74) is 0.692. The predicted octanol–water partition coefficient (Wildman–Crippen LogP) is 0.00750. The van der Waals surface area contributed by atoms with E-state index in [0.29, 0.717) is 18.7 Å². The van der Waals surface area contributed by atoms with Crippen molar-refractivity contribution in [1.29, 1.82) is 0 Å². The van der Waals surface area contributed by atoms with Crippen LogP contribution in [0.5, 0.6) is 0 Å². The molecule has 1 aliphatic rings. The first-order valence-electron chi connectivity index (χ1n) is 6.87. The Labute approximate surface area is 117 Å². The minimum atomic E-state index is -1.03. The molecule has 1 saturated heterocycles. The summed E-state index contributed by atoms with van der Waals surface area (Å²) in [6.45, 7) is 2.76. The standard InChI is InChI=1S/C13H20N4O3/c18-12(3-6-17-4-1-2-5-17)16-11(13(19)20)7-10-8-14-9-15-10/h8-9,11H,1-7H2,(H,14,15)(H,16,18)(H,19,20). The average molecular weight is 280 g/mol. The summed E-state index contributed by atoms with van der Waals surface area (Å²) in [4.78, 5) is 31.9. The Morgan fingerprint density at radius 1 is 1.45 bits per heavy atom. The molecule has 110 valence electrons. The van der Waals surface area contributed by atoms with E-state index in [4.69, 9.17) is 5.11 Å². The second-order valence-corrected chi connectivity index (χ2v) is 5.04. The summed E-state index contributed by atoms with van der Waals surface area (Å²) in [6, 6.07) is -0.915. The zero-order valence-corrected chi connectivity index (χ0v) is 11.3. The zero-order valence-electron chi connectivity index (χ0n) is 11.3. The number of nitrogens with one attached hydrogen (secondary N) is 2. The van der Waals surface area contributed by atoms with E-state index in [1.54, 1.807) is 6.20 Å². The third-order valence-electron chi connectivity index (χ3n) is 3.47. The Kier molecular flexibility index (Phi) is 5.11. The second kappa shape index (κ2) is 7.04. The lowest BCUT2D eigenvalue weighted by atomic mass is 10.1. The van der Waals surface area contributed by atoms with Crippen molar-refractivity contribution >= 4 is 11.9 Å². The van der Waals surface area contributed by atoms with Gasteiger partial charge in [0.1, 0.15) is 6.04 Å². The van der Waals surface area contributed by atoms with Gasteiger partial charge in [-0.2, -0.15) is 0 Å². The van der Waals surface area contributed by atoms with Gasteiger partial charge in [0.2, 0.25) is 5.91 Å². The van der Waals surface area contributed by atoms with Crippen LogP contribution in [0, 0.1) is 0 Å². The summed E-state index contributed by atoms with van der Waals surface area (Å²) in [7, 11) is 0. The molecule has 0 aliphatic carbocycles. The number of hydrogen-bond acceptors (Lipinski definition) is 4. The van der Waals surface area contributed by atoms with Crippen LogP contribution in [0.4, 0.5) is 0 Å². The van der Waals surface area contributed by atoms with Crippen molar-refractivity contribution in [3.8, 4) is 0 Å². The van der Waals surface area contributed by atoms with Crippen LogP contribution in [-0.4, -0.2) is 57.5 Å². The molecular weight excluding hydrogens is 260 g/mol. The highest BCUT2D eigenvalue weighted by molar-refractivity contribution is 5.83. The maximum absolute atomic E-state index is 11.8. The van der Waals surface area contributed by atoms with Gasteiger partial charge in [0.05, 0.1) is 6.33 Å². The number of aromatic amines is 1. The third-order valence-corrected chi connectivity index (χ3v) is 3.47. The largest absolute Gasteiger partial charge is 0.480 e. The molecule has 0 spiro atoms. The van der Waals surface area contributed by atoms with Crippen molar-refractivity contribution < 1.29 is 14.7 Å². The number of aliphatic carboxylic acids is 1. The summed E-state index contributed by atoms with van der Waals surface area (Å²) in [6.07, 6.45) is 5.96. The van der Waals surface area contributed by atoms with Crippen LogP contribution in [0.1, 0.15) is 25.0 Å². The van der Waals surface area contributed by atoms with Crippen molar-refractivity contribution in [3.63, 3.8) is 0 Å². The van der Waals surface area contributed by atoms with E-state index in [0.717, 1.165) is 13.1 Å². The Morgan fingerprint density at radius 3 is 2.80 bits per heavy atom. The Morgan fingerprint density at radius 2 is 2.20 bits per heavy atom. The van der Waals surface area contributed by atoms with Crippen LogP contribution in [0.25, 0.3) is 0 Å². The monoisotopic (exact) mass is 280 g/mol. The lowest BCUT2D eigenvalue weighted by Crippen LogP contribution is -2.43. The van der Waals surface area contributed by atoms with E-state index in [2.05, 4.69) is 20.2 Å². The molecule has 7 nitrogen and oxygen atoms in total. The molecule has 1 unspecified atom stereocenters. The van der Waals surface area contributed by atoms with Gasteiger partial charge in [-0.15, -0.1) is 0 Å². The van der Waals surface area contributed by atoms with Gasteiger partial charge in [0.15, 0.2) is 0 Å². The number of amides is 1. The van der Waals surface area contributed by atoms with E-state index in [1.807, 2.05) is 0 Å². The Hall–Kier alpha value is -1.89. The number of H-pyrrole nitrogens is 1. The van der Waals surface area contributed by atoms with Crippen LogP contribution in [0.2, 0.25) is 0 Å². The smallest absolute Gasteiger partial charge is 0.326 e. The summed E-state index contributed by atoms with van der Waals surface area (Å²) in [5, 5.41) is 11.7. The van der Waals surface area contributed by atoms with E-state index >= 15 is 0 Å². The predicted molar refractivity (Wildman–Crippen MR) is 72.1 cm³/mol. The summed E-state index contributed by atoms with van der Waals surface area (Å²) >= 11 is 0. The fourth-order valence-corrected chi connectivity index (χ4v) is 2.35. The first-order valence-corrected chi connectivity index (χ1v) is 6.87. The van der Waals surface area contributed by atoms with Crippen LogP contribution in [0.3, 0.4) is 0 Å². The average Bonchev–Trinajstić information content (AvgIpc) is 3.08. The van der Waals surface area contributed by atoms with E-state index in [1.165, 1.54) is 19.2 Å². The number of likely N-dealkylation sites (tertiary alicyclic amines) is 1. The number of rotatable bonds is 7. The van der Waals surface area contributed by atoms with E-state index < -0.39 is 12.0 Å². The minimum absolute atomic E-state index is 0.213. The highest BCUT2D eigenvalue weighted by Gasteiger charge is 2.21. The number of hydrogen-bond donors (Lipinski definition) is 3. The Balaban J connectivity index is 1.78. The van der Waals surface area contributed by atoms with Crippen molar-refractivity contribution in [2.24, 2.45) is 0 Å². The molecule has 1 atom stereocenters. The molecule has 1 aromatic rings. The SMILES string of the molecule is O=C(CCN1CCCC1)NC(Cc1cnc[nH]1)C(=O)O. The van der Waals surface area contributed by atoms with Crippen molar-refractivity contribution in [3.05, 3.63) is 18.2 Å². The topological polar surface area (TPSA) is 98.3 Å². The molecule has 7 heteroatoms. The van der Waals surface area contributed by atoms with Crippen molar-refractivity contribution in [1.82, 2.24) is 20.2 Å². The summed E-state index contributed by atoms with van der Waals surface area (Å²) < 4.78 is 0. The molecule has 2 rings (SSSR count). The number of carboxylic acid groups (broad SMARTS) is 1. The van der Waals surface area contributed by atoms with Crippen LogP contribution < -0.4 is 5.32 Å². The molecule has 0 radical (unpaired) electrons. The lowest BCUT2D eigenvalue weighted by Gasteiger charge is -2.16. The van der Waals surface area contributed by atoms with Crippen LogP contribution >= 0.6 is 0 Å². The first kappa shape index (κ1) is 14.5. The van der Waals surface area contributed by atoms with Gasteiger partial charge in [-0.05, 0) is 25.9 Å². The van der Waals surface area contributed by atoms with Gasteiger partial charge < -0.3 is 20.3 Å².